The second-order valence-electron chi connectivity index (χ2n) is 4.43. The zero-order chi connectivity index (χ0) is 12.3. The number of nitrogens with two attached hydrogens (primary N) is 1. The second kappa shape index (κ2) is 4.35. The van der Waals surface area contributed by atoms with Gasteiger partial charge in [-0.05, 0) is 32.9 Å². The van der Waals surface area contributed by atoms with Crippen molar-refractivity contribution in [1.29, 1.82) is 0 Å². The van der Waals surface area contributed by atoms with E-state index in [1.165, 1.54) is 6.07 Å². The number of hydrogen-bond acceptors (Lipinski definition) is 4. The highest BCUT2D eigenvalue weighted by atomic mass is 16.6. The summed E-state index contributed by atoms with van der Waals surface area (Å²) < 4.78 is 5.17. The van der Waals surface area contributed by atoms with Crippen molar-refractivity contribution < 1.29 is 14.3 Å². The molecule has 2 N–H and O–H groups in total. The molecule has 0 bridgehead atoms. The second-order valence-corrected chi connectivity index (χ2v) is 4.43. The molecule has 4 nitrogen and oxygen atoms in total. The molecule has 1 aromatic carbocycles. The van der Waals surface area contributed by atoms with Gasteiger partial charge in [0.2, 0.25) is 0 Å². The van der Waals surface area contributed by atoms with Crippen LogP contribution in [-0.4, -0.2) is 17.9 Å². The van der Waals surface area contributed by atoms with Gasteiger partial charge in [0, 0.05) is 5.56 Å². The molecule has 0 aliphatic rings. The van der Waals surface area contributed by atoms with Crippen LogP contribution >= 0.6 is 0 Å². The normalized spacial score (nSPS) is 10.9. The summed E-state index contributed by atoms with van der Waals surface area (Å²) in [5.74, 6) is -0.520. The number of hydrogen-bond donors (Lipinski definition) is 1. The zero-order valence-corrected chi connectivity index (χ0v) is 9.61. The number of esters is 1. The lowest BCUT2D eigenvalue weighted by atomic mass is 10.1. The minimum Gasteiger partial charge on any atom is -0.456 e. The Hall–Kier alpha value is -1.84. The molecule has 0 radical (unpaired) electrons. The average Bonchev–Trinajstić information content (AvgIpc) is 2.15. The lowest BCUT2D eigenvalue weighted by Crippen LogP contribution is -2.24. The van der Waals surface area contributed by atoms with Gasteiger partial charge in [0.05, 0.1) is 11.3 Å². The van der Waals surface area contributed by atoms with Gasteiger partial charge in [-0.15, -0.1) is 0 Å². The number of aldehydes is 1. The predicted molar refractivity (Wildman–Crippen MR) is 61.4 cm³/mol. The van der Waals surface area contributed by atoms with Gasteiger partial charge in [0.1, 0.15) is 5.60 Å². The molecule has 0 aliphatic carbocycles. The number of para-hydroxylation sites is 1. The lowest BCUT2D eigenvalue weighted by Gasteiger charge is -2.20. The number of ether oxygens (including phenoxy) is 1. The monoisotopic (exact) mass is 221 g/mol. The van der Waals surface area contributed by atoms with E-state index < -0.39 is 11.6 Å². The standard InChI is InChI=1S/C12H15NO3/c1-12(2,3)16-11(15)9-6-4-5-8(7-14)10(9)13/h4-7H,13H2,1-3H3. The Morgan fingerprint density at radius 3 is 2.50 bits per heavy atom. The summed E-state index contributed by atoms with van der Waals surface area (Å²) in [4.78, 5) is 22.4. The summed E-state index contributed by atoms with van der Waals surface area (Å²) in [6, 6.07) is 4.69. The predicted octanol–water partition coefficient (Wildman–Crippen LogP) is 2.04. The van der Waals surface area contributed by atoms with Crippen molar-refractivity contribution in [1.82, 2.24) is 0 Å². The van der Waals surface area contributed by atoms with Gasteiger partial charge in [0.25, 0.3) is 0 Å². The third-order valence-corrected chi connectivity index (χ3v) is 1.89. The van der Waals surface area contributed by atoms with Gasteiger partial charge >= 0.3 is 5.97 Å². The van der Waals surface area contributed by atoms with Crippen LogP contribution in [0, 0.1) is 0 Å². The van der Waals surface area contributed by atoms with Crippen molar-refractivity contribution in [2.45, 2.75) is 26.4 Å². The molecule has 0 saturated heterocycles. The smallest absolute Gasteiger partial charge is 0.340 e. The molecule has 0 amide bonds. The van der Waals surface area contributed by atoms with Crippen molar-refractivity contribution in [3.05, 3.63) is 29.3 Å². The number of benzene rings is 1. The fourth-order valence-electron chi connectivity index (χ4n) is 1.20. The van der Waals surface area contributed by atoms with Crippen molar-refractivity contribution in [2.75, 3.05) is 5.73 Å². The van der Waals surface area contributed by atoms with E-state index in [2.05, 4.69) is 0 Å². The third-order valence-electron chi connectivity index (χ3n) is 1.89. The van der Waals surface area contributed by atoms with Crippen LogP contribution in [0.4, 0.5) is 5.69 Å². The third kappa shape index (κ3) is 2.82. The van der Waals surface area contributed by atoms with E-state index in [4.69, 9.17) is 10.5 Å². The summed E-state index contributed by atoms with van der Waals surface area (Å²) in [5, 5.41) is 0. The summed E-state index contributed by atoms with van der Waals surface area (Å²) >= 11 is 0. The van der Waals surface area contributed by atoms with Crippen LogP contribution < -0.4 is 5.73 Å². The van der Waals surface area contributed by atoms with Gasteiger partial charge in [-0.25, -0.2) is 4.79 Å². The maximum Gasteiger partial charge on any atom is 0.340 e. The molecule has 1 aromatic rings. The number of rotatable bonds is 2. The first-order chi connectivity index (χ1) is 7.35. The van der Waals surface area contributed by atoms with E-state index in [1.54, 1.807) is 32.9 Å². The number of nitrogen functional groups attached to an aromatic ring is 1. The van der Waals surface area contributed by atoms with Gasteiger partial charge < -0.3 is 10.5 Å². The topological polar surface area (TPSA) is 69.4 Å². The quantitative estimate of drug-likeness (QED) is 0.471. The van der Waals surface area contributed by atoms with Gasteiger partial charge in [-0.1, -0.05) is 6.07 Å². The largest absolute Gasteiger partial charge is 0.456 e. The van der Waals surface area contributed by atoms with Gasteiger partial charge in [-0.3, -0.25) is 4.79 Å². The van der Waals surface area contributed by atoms with Crippen LogP contribution in [0.1, 0.15) is 41.5 Å². The lowest BCUT2D eigenvalue weighted by molar-refractivity contribution is 0.00708. The van der Waals surface area contributed by atoms with Crippen LogP contribution in [-0.2, 0) is 4.74 Å². The van der Waals surface area contributed by atoms with Crippen molar-refractivity contribution >= 4 is 17.9 Å². The molecular weight excluding hydrogens is 206 g/mol. The number of carbonyl (C=O) groups is 2. The molecule has 0 unspecified atom stereocenters. The van der Waals surface area contributed by atoms with Crippen molar-refractivity contribution in [2.24, 2.45) is 0 Å². The van der Waals surface area contributed by atoms with E-state index in [0.29, 0.717) is 11.8 Å². The van der Waals surface area contributed by atoms with Crippen LogP contribution in [0.3, 0.4) is 0 Å². The maximum atomic E-state index is 11.7. The molecule has 0 aliphatic heterocycles. The Bertz CT molecular complexity index is 419. The molecule has 0 fully saturated rings. The molecule has 1 rings (SSSR count). The number of carbonyl (C=O) groups excluding carboxylic acids is 2. The molecule has 0 atom stereocenters. The van der Waals surface area contributed by atoms with Crippen molar-refractivity contribution in [3.8, 4) is 0 Å². The Kier molecular flexibility index (Phi) is 3.32. The Morgan fingerprint density at radius 1 is 1.38 bits per heavy atom. The highest BCUT2D eigenvalue weighted by Gasteiger charge is 2.20. The van der Waals surface area contributed by atoms with E-state index >= 15 is 0 Å². The fourth-order valence-corrected chi connectivity index (χ4v) is 1.20. The minimum absolute atomic E-state index is 0.159. The van der Waals surface area contributed by atoms with Crippen LogP contribution in [0.5, 0.6) is 0 Å². The van der Waals surface area contributed by atoms with Crippen LogP contribution in [0.25, 0.3) is 0 Å². The Balaban J connectivity index is 3.05. The fraction of sp³-hybridized carbons (Fsp3) is 0.333. The summed E-state index contributed by atoms with van der Waals surface area (Å²) in [6.07, 6.45) is 0.614. The summed E-state index contributed by atoms with van der Waals surface area (Å²) in [6.45, 7) is 5.31. The van der Waals surface area contributed by atoms with Gasteiger partial charge in [0.15, 0.2) is 6.29 Å². The Labute approximate surface area is 94.4 Å². The molecule has 0 aromatic heterocycles. The van der Waals surface area contributed by atoms with E-state index in [1.807, 2.05) is 0 Å². The molecule has 0 saturated carbocycles. The molecule has 4 heteroatoms. The Morgan fingerprint density at radius 2 is 2.00 bits per heavy atom. The van der Waals surface area contributed by atoms with Crippen LogP contribution in [0.2, 0.25) is 0 Å². The first kappa shape index (κ1) is 12.2. The number of anilines is 1. The van der Waals surface area contributed by atoms with E-state index in [0.717, 1.165) is 0 Å². The SMILES string of the molecule is CC(C)(C)OC(=O)c1cccc(C=O)c1N. The van der Waals surface area contributed by atoms with Crippen molar-refractivity contribution in [3.63, 3.8) is 0 Å². The van der Waals surface area contributed by atoms with E-state index in [9.17, 15) is 9.59 Å². The summed E-state index contributed by atoms with van der Waals surface area (Å²) in [5.41, 5.74) is 5.77. The molecule has 16 heavy (non-hydrogen) atoms. The molecule has 0 spiro atoms. The zero-order valence-electron chi connectivity index (χ0n) is 9.61. The first-order valence-corrected chi connectivity index (χ1v) is 4.92. The maximum absolute atomic E-state index is 11.7. The molecule has 86 valence electrons. The van der Waals surface area contributed by atoms with Gasteiger partial charge in [-0.2, -0.15) is 0 Å². The molecule has 0 heterocycles. The van der Waals surface area contributed by atoms with E-state index in [-0.39, 0.29) is 11.3 Å². The average molecular weight is 221 g/mol. The summed E-state index contributed by atoms with van der Waals surface area (Å²) in [7, 11) is 0. The highest BCUT2D eigenvalue weighted by molar-refractivity contribution is 5.99. The molecular formula is C12H15NO3. The highest BCUT2D eigenvalue weighted by Crippen LogP contribution is 2.19. The first-order valence-electron chi connectivity index (χ1n) is 4.92. The minimum atomic E-state index is -0.583. The van der Waals surface area contributed by atoms with Crippen LogP contribution in [0.15, 0.2) is 18.2 Å².